The second-order valence-corrected chi connectivity index (χ2v) is 9.59. The molecule has 194 valence electrons. The van der Waals surface area contributed by atoms with Crippen molar-refractivity contribution >= 4 is 11.6 Å². The lowest BCUT2D eigenvalue weighted by molar-refractivity contribution is -0.683. The molecule has 0 radical (unpaired) electrons. The predicted molar refractivity (Wildman–Crippen MR) is 136 cm³/mol. The number of pyridine rings is 2. The Morgan fingerprint density at radius 3 is 1.03 bits per heavy atom. The van der Waals surface area contributed by atoms with Crippen molar-refractivity contribution in [2.24, 2.45) is 0 Å². The zero-order chi connectivity index (χ0) is 23.0. The highest BCUT2D eigenvalue weighted by molar-refractivity contribution is 5.25. The van der Waals surface area contributed by atoms with Crippen LogP contribution in [0.1, 0.15) is 101 Å². The Morgan fingerprint density at radius 2 is 0.765 bits per heavy atom. The molecule has 0 aliphatic heterocycles. The first kappa shape index (κ1) is 32.9. The van der Waals surface area contributed by atoms with E-state index < -0.39 is 0 Å². The molecule has 0 aliphatic rings. The molecule has 2 heterocycles. The van der Waals surface area contributed by atoms with E-state index in [9.17, 15) is 0 Å². The van der Waals surface area contributed by atoms with Gasteiger partial charge in [-0.2, -0.15) is 0 Å². The summed E-state index contributed by atoms with van der Waals surface area (Å²) in [5, 5.41) is 0. The van der Waals surface area contributed by atoms with E-state index in [1.807, 2.05) is 0 Å². The average molecular weight is 601 g/mol. The first-order valence-corrected chi connectivity index (χ1v) is 13.1. The Balaban J connectivity index is 0.00000544. The van der Waals surface area contributed by atoms with Gasteiger partial charge < -0.3 is 34.0 Å². The third-order valence-corrected chi connectivity index (χ3v) is 6.50. The van der Waals surface area contributed by atoms with Crippen molar-refractivity contribution in [2.75, 3.05) is 11.5 Å². The summed E-state index contributed by atoms with van der Waals surface area (Å²) >= 11 is 0. The molecule has 0 unspecified atom stereocenters. The van der Waals surface area contributed by atoms with Gasteiger partial charge in [0.2, 0.25) is 0 Å². The first-order chi connectivity index (χ1) is 15.6. The van der Waals surface area contributed by atoms with E-state index in [1.54, 1.807) is 0 Å². The summed E-state index contributed by atoms with van der Waals surface area (Å²) in [6, 6.07) is 8.39. The van der Waals surface area contributed by atoms with E-state index in [1.165, 1.54) is 101 Å². The number of aryl methyl sites for hydroxylation is 4. The maximum absolute atomic E-state index is 6.07. The molecule has 2 aromatic heterocycles. The number of nitrogen functional groups attached to an aromatic ring is 2. The molecule has 4 nitrogen and oxygen atoms in total. The van der Waals surface area contributed by atoms with Gasteiger partial charge in [0.15, 0.2) is 0 Å². The zero-order valence-electron chi connectivity index (χ0n) is 21.6. The Labute approximate surface area is 230 Å². The highest BCUT2D eigenvalue weighted by Crippen LogP contribution is 2.13. The van der Waals surface area contributed by atoms with Crippen LogP contribution in [-0.4, -0.2) is 0 Å². The maximum atomic E-state index is 6.07. The van der Waals surface area contributed by atoms with Crippen LogP contribution in [0.5, 0.6) is 0 Å². The fourth-order valence-electron chi connectivity index (χ4n) is 4.41. The van der Waals surface area contributed by atoms with Crippen molar-refractivity contribution in [1.82, 2.24) is 0 Å². The lowest BCUT2D eigenvalue weighted by Crippen LogP contribution is -3.00. The molecular weight excluding hydrogens is 552 g/mol. The monoisotopic (exact) mass is 598 g/mol. The van der Waals surface area contributed by atoms with Gasteiger partial charge in [-0.25, -0.2) is 9.13 Å². The van der Waals surface area contributed by atoms with E-state index in [0.717, 1.165) is 24.7 Å². The van der Waals surface area contributed by atoms with Gasteiger partial charge in [-0.1, -0.05) is 64.2 Å². The Morgan fingerprint density at radius 1 is 0.500 bits per heavy atom. The smallest absolute Gasteiger partial charge is 0.272 e. The number of nitrogens with zero attached hydrogens (tertiary/aromatic N) is 2. The minimum absolute atomic E-state index is 0. The summed E-state index contributed by atoms with van der Waals surface area (Å²) in [6.07, 6.45) is 23.3. The Hall–Kier alpha value is -1.14. The molecule has 2 aromatic rings. The molecule has 0 amide bonds. The molecule has 0 aliphatic carbocycles. The molecule has 0 aromatic carbocycles. The second-order valence-electron chi connectivity index (χ2n) is 9.59. The lowest BCUT2D eigenvalue weighted by atomic mass is 10.0. The Bertz CT molecular complexity index is 717. The van der Waals surface area contributed by atoms with Gasteiger partial charge in [-0.3, -0.25) is 11.5 Å². The molecule has 0 atom stereocenters. The fraction of sp³-hybridized carbons (Fsp3) is 0.643. The number of hydrogen-bond acceptors (Lipinski definition) is 2. The molecule has 0 fully saturated rings. The molecule has 0 saturated carbocycles. The maximum Gasteiger partial charge on any atom is 0.272 e. The van der Waals surface area contributed by atoms with Crippen LogP contribution >= 0.6 is 0 Å². The molecule has 4 N–H and O–H groups in total. The molecule has 2 rings (SSSR count). The number of nitrogens with two attached hydrogens (primary N) is 2. The van der Waals surface area contributed by atoms with Gasteiger partial charge in [0.1, 0.15) is 0 Å². The summed E-state index contributed by atoms with van der Waals surface area (Å²) < 4.78 is 4.35. The Kier molecular flexibility index (Phi) is 19.4. The third-order valence-electron chi connectivity index (χ3n) is 6.50. The largest absolute Gasteiger partial charge is 1.00 e. The van der Waals surface area contributed by atoms with Crippen molar-refractivity contribution in [2.45, 2.75) is 117 Å². The van der Waals surface area contributed by atoms with Crippen LogP contribution in [0.4, 0.5) is 11.6 Å². The van der Waals surface area contributed by atoms with Gasteiger partial charge in [-0.15, -0.1) is 0 Å². The van der Waals surface area contributed by atoms with Gasteiger partial charge in [0.05, 0.1) is 25.5 Å². The first-order valence-electron chi connectivity index (χ1n) is 13.1. The number of halogens is 2. The van der Waals surface area contributed by atoms with E-state index in [2.05, 4.69) is 59.6 Å². The molecular formula is C28H48Br2N4. The summed E-state index contributed by atoms with van der Waals surface area (Å²) in [6.45, 7) is 6.27. The minimum atomic E-state index is 0. The number of anilines is 2. The van der Waals surface area contributed by atoms with Crippen LogP contribution < -0.4 is 54.6 Å². The van der Waals surface area contributed by atoms with E-state index in [-0.39, 0.29) is 34.0 Å². The summed E-state index contributed by atoms with van der Waals surface area (Å²) in [5.74, 6) is 1.77. The van der Waals surface area contributed by atoms with E-state index in [4.69, 9.17) is 11.5 Å². The van der Waals surface area contributed by atoms with Crippen molar-refractivity contribution in [3.8, 4) is 0 Å². The van der Waals surface area contributed by atoms with Crippen molar-refractivity contribution < 1.29 is 43.1 Å². The van der Waals surface area contributed by atoms with E-state index in [0.29, 0.717) is 0 Å². The molecule has 0 spiro atoms. The lowest BCUT2D eigenvalue weighted by Gasteiger charge is -2.05. The van der Waals surface area contributed by atoms with Crippen molar-refractivity contribution in [1.29, 1.82) is 0 Å². The fourth-order valence-corrected chi connectivity index (χ4v) is 4.41. The highest BCUT2D eigenvalue weighted by atomic mass is 79.9. The van der Waals surface area contributed by atoms with Gasteiger partial charge in [0, 0.05) is 12.1 Å². The summed E-state index contributed by atoms with van der Waals surface area (Å²) in [5.41, 5.74) is 14.6. The number of hydrogen-bond donors (Lipinski definition) is 2. The number of aromatic nitrogens is 2. The normalized spacial score (nSPS) is 10.5. The van der Waals surface area contributed by atoms with Crippen LogP contribution in [0.3, 0.4) is 0 Å². The number of unbranched alkanes of at least 4 members (excludes halogenated alkanes) is 13. The van der Waals surface area contributed by atoms with Crippen LogP contribution in [0.2, 0.25) is 0 Å². The van der Waals surface area contributed by atoms with E-state index >= 15 is 0 Å². The van der Waals surface area contributed by atoms with Crippen LogP contribution in [-0.2, 0) is 13.1 Å². The zero-order valence-corrected chi connectivity index (χ0v) is 24.8. The van der Waals surface area contributed by atoms with Gasteiger partial charge in [0.25, 0.3) is 11.6 Å². The molecule has 6 heteroatoms. The molecule has 0 bridgehead atoms. The quantitative estimate of drug-likeness (QED) is 0.202. The van der Waals surface area contributed by atoms with Crippen LogP contribution in [0.25, 0.3) is 0 Å². The van der Waals surface area contributed by atoms with Crippen LogP contribution in [0.15, 0.2) is 36.7 Å². The SMILES string of the molecule is Cc1cc[n+](CCCCCCCCCCCCCCCC[n+]2ccc(C)cc2N)c(N)c1.[Br-].[Br-]. The predicted octanol–water partition coefficient (Wildman–Crippen LogP) is 0.212. The second kappa shape index (κ2) is 20.1. The summed E-state index contributed by atoms with van der Waals surface area (Å²) in [4.78, 5) is 0. The van der Waals surface area contributed by atoms with Crippen molar-refractivity contribution in [3.63, 3.8) is 0 Å². The third kappa shape index (κ3) is 14.3. The average Bonchev–Trinajstić information content (AvgIpc) is 2.76. The topological polar surface area (TPSA) is 59.8 Å². The van der Waals surface area contributed by atoms with Crippen LogP contribution in [0, 0.1) is 13.8 Å². The van der Waals surface area contributed by atoms with Gasteiger partial charge in [-0.05, 0) is 62.8 Å². The summed E-state index contributed by atoms with van der Waals surface area (Å²) in [7, 11) is 0. The van der Waals surface area contributed by atoms with Gasteiger partial charge >= 0.3 is 0 Å². The van der Waals surface area contributed by atoms with Crippen molar-refractivity contribution in [3.05, 3.63) is 47.8 Å². The standard InChI is InChI=1S/C28H46N4.2BrH/c1-25-17-21-31(27(29)23-25)19-15-13-11-9-7-5-3-4-6-8-10-12-14-16-20-32-22-18-26(2)24-28(32)30;;/h17-18,21-24,29-30H,3-16,19-20H2,1-2H3;2*1H. The highest BCUT2D eigenvalue weighted by Gasteiger charge is 2.04. The molecule has 0 saturated heterocycles. The molecule has 34 heavy (non-hydrogen) atoms. The number of rotatable bonds is 17. The minimum Gasteiger partial charge on any atom is -1.00 e.